The number of aromatic nitrogens is 2. The summed E-state index contributed by atoms with van der Waals surface area (Å²) in [5.74, 6) is 0.107. The Bertz CT molecular complexity index is 281. The van der Waals surface area contributed by atoms with Crippen LogP contribution in [-0.2, 0) is 16.1 Å². The standard InChI is InChI=1S/C7H9N3O3/c1-12-7(11)2-3-8-4-6-9-5-13-10-6/h2-3,5,8H,4H2,1H3/b3-2+. The molecular formula is C7H9N3O3. The molecule has 0 fully saturated rings. The molecule has 0 unspecified atom stereocenters. The van der Waals surface area contributed by atoms with Crippen molar-refractivity contribution in [3.05, 3.63) is 24.5 Å². The summed E-state index contributed by atoms with van der Waals surface area (Å²) < 4.78 is 8.87. The summed E-state index contributed by atoms with van der Waals surface area (Å²) in [5, 5.41) is 6.34. The minimum atomic E-state index is -0.416. The van der Waals surface area contributed by atoms with Gasteiger partial charge in [0.2, 0.25) is 6.39 Å². The van der Waals surface area contributed by atoms with Crippen LogP contribution in [0, 0.1) is 0 Å². The first-order valence-electron chi connectivity index (χ1n) is 3.56. The average Bonchev–Trinajstić information content (AvgIpc) is 2.64. The van der Waals surface area contributed by atoms with Gasteiger partial charge < -0.3 is 14.6 Å². The first-order valence-corrected chi connectivity index (χ1v) is 3.56. The molecule has 1 aromatic rings. The number of hydrogen-bond donors (Lipinski definition) is 1. The molecule has 0 atom stereocenters. The number of ether oxygens (including phenoxy) is 1. The molecule has 6 heteroatoms. The number of nitrogens with zero attached hydrogens (tertiary/aromatic N) is 2. The molecule has 0 aliphatic rings. The molecule has 0 aliphatic heterocycles. The summed E-state index contributed by atoms with van der Waals surface area (Å²) in [6, 6.07) is 0. The van der Waals surface area contributed by atoms with E-state index in [1.807, 2.05) is 0 Å². The lowest BCUT2D eigenvalue weighted by atomic mass is 10.5. The fourth-order valence-corrected chi connectivity index (χ4v) is 0.616. The number of hydrogen-bond acceptors (Lipinski definition) is 6. The van der Waals surface area contributed by atoms with Gasteiger partial charge >= 0.3 is 5.97 Å². The molecule has 0 aromatic carbocycles. The second-order valence-electron chi connectivity index (χ2n) is 2.08. The maximum atomic E-state index is 10.6. The van der Waals surface area contributed by atoms with Crippen LogP contribution in [0.1, 0.15) is 5.82 Å². The molecular weight excluding hydrogens is 174 g/mol. The van der Waals surface area contributed by atoms with Gasteiger partial charge in [-0.15, -0.1) is 0 Å². The molecule has 0 saturated heterocycles. The van der Waals surface area contributed by atoms with Gasteiger partial charge in [-0.25, -0.2) is 4.79 Å². The third-order valence-corrected chi connectivity index (χ3v) is 1.21. The lowest BCUT2D eigenvalue weighted by molar-refractivity contribution is -0.134. The van der Waals surface area contributed by atoms with Crippen LogP contribution in [0.2, 0.25) is 0 Å². The molecule has 1 N–H and O–H groups in total. The topological polar surface area (TPSA) is 77.2 Å². The maximum Gasteiger partial charge on any atom is 0.331 e. The van der Waals surface area contributed by atoms with E-state index in [1.165, 1.54) is 25.8 Å². The Labute approximate surface area is 74.6 Å². The quantitative estimate of drug-likeness (QED) is 0.516. The van der Waals surface area contributed by atoms with Crippen molar-refractivity contribution in [2.45, 2.75) is 6.54 Å². The molecule has 70 valence electrons. The highest BCUT2D eigenvalue weighted by molar-refractivity contribution is 5.81. The summed E-state index contributed by atoms with van der Waals surface area (Å²) in [6.45, 7) is 0.407. The highest BCUT2D eigenvalue weighted by Gasteiger charge is 1.94. The van der Waals surface area contributed by atoms with E-state index < -0.39 is 5.97 Å². The van der Waals surface area contributed by atoms with E-state index in [1.54, 1.807) is 0 Å². The van der Waals surface area contributed by atoms with Gasteiger partial charge in [0.15, 0.2) is 5.82 Å². The fraction of sp³-hybridized carbons (Fsp3) is 0.286. The zero-order valence-corrected chi connectivity index (χ0v) is 7.06. The van der Waals surface area contributed by atoms with Gasteiger partial charge in [-0.2, -0.15) is 4.98 Å². The number of nitrogens with one attached hydrogen (secondary N) is 1. The molecule has 0 spiro atoms. The van der Waals surface area contributed by atoms with Crippen LogP contribution in [-0.4, -0.2) is 23.2 Å². The van der Waals surface area contributed by atoms with Crippen molar-refractivity contribution in [1.82, 2.24) is 15.5 Å². The predicted molar refractivity (Wildman–Crippen MR) is 42.3 cm³/mol. The second kappa shape index (κ2) is 4.91. The van der Waals surface area contributed by atoms with Gasteiger partial charge in [-0.05, 0) is 0 Å². The molecule has 0 aliphatic carbocycles. The van der Waals surface area contributed by atoms with Crippen molar-refractivity contribution in [3.8, 4) is 0 Å². The van der Waals surface area contributed by atoms with E-state index in [0.29, 0.717) is 12.4 Å². The van der Waals surface area contributed by atoms with Crippen LogP contribution in [0.4, 0.5) is 0 Å². The van der Waals surface area contributed by atoms with Crippen LogP contribution < -0.4 is 5.32 Å². The van der Waals surface area contributed by atoms with Crippen LogP contribution in [0.3, 0.4) is 0 Å². The molecule has 0 saturated carbocycles. The van der Waals surface area contributed by atoms with Gasteiger partial charge in [0.1, 0.15) is 0 Å². The number of methoxy groups -OCH3 is 1. The van der Waals surface area contributed by atoms with Gasteiger partial charge in [0.25, 0.3) is 0 Å². The van der Waals surface area contributed by atoms with Gasteiger partial charge in [-0.3, -0.25) is 0 Å². The number of carbonyl (C=O) groups is 1. The van der Waals surface area contributed by atoms with Crippen molar-refractivity contribution in [1.29, 1.82) is 0 Å². The molecule has 1 heterocycles. The van der Waals surface area contributed by atoms with E-state index in [-0.39, 0.29) is 0 Å². The Balaban J connectivity index is 2.21. The third kappa shape index (κ3) is 3.37. The normalized spacial score (nSPS) is 10.2. The maximum absolute atomic E-state index is 10.6. The van der Waals surface area contributed by atoms with Crippen molar-refractivity contribution < 1.29 is 14.1 Å². The second-order valence-corrected chi connectivity index (χ2v) is 2.08. The lowest BCUT2D eigenvalue weighted by Crippen LogP contribution is -2.07. The first kappa shape index (κ1) is 9.24. The fourth-order valence-electron chi connectivity index (χ4n) is 0.616. The third-order valence-electron chi connectivity index (χ3n) is 1.21. The van der Waals surface area contributed by atoms with E-state index in [2.05, 4.69) is 24.7 Å². The van der Waals surface area contributed by atoms with E-state index >= 15 is 0 Å². The minimum absolute atomic E-state index is 0.407. The summed E-state index contributed by atoms with van der Waals surface area (Å²) in [6.07, 6.45) is 3.96. The van der Waals surface area contributed by atoms with Crippen molar-refractivity contribution in [3.63, 3.8) is 0 Å². The molecule has 13 heavy (non-hydrogen) atoms. The number of rotatable bonds is 4. The SMILES string of the molecule is COC(=O)/C=C/NCc1ncon1. The highest BCUT2D eigenvalue weighted by atomic mass is 16.5. The number of esters is 1. The molecule has 0 amide bonds. The largest absolute Gasteiger partial charge is 0.466 e. The summed E-state index contributed by atoms with van der Waals surface area (Å²) in [4.78, 5) is 14.3. The van der Waals surface area contributed by atoms with Crippen LogP contribution in [0.15, 0.2) is 23.2 Å². The first-order chi connectivity index (χ1) is 6.33. The Morgan fingerprint density at radius 2 is 2.69 bits per heavy atom. The van der Waals surface area contributed by atoms with Crippen molar-refractivity contribution >= 4 is 5.97 Å². The average molecular weight is 183 g/mol. The molecule has 1 aromatic heterocycles. The van der Waals surface area contributed by atoms with Crippen LogP contribution in [0.25, 0.3) is 0 Å². The van der Waals surface area contributed by atoms with Crippen molar-refractivity contribution in [2.75, 3.05) is 7.11 Å². The van der Waals surface area contributed by atoms with E-state index in [4.69, 9.17) is 0 Å². The van der Waals surface area contributed by atoms with Crippen molar-refractivity contribution in [2.24, 2.45) is 0 Å². The summed E-state index contributed by atoms with van der Waals surface area (Å²) in [5.41, 5.74) is 0. The molecule has 1 rings (SSSR count). The lowest BCUT2D eigenvalue weighted by Gasteiger charge is -1.93. The van der Waals surface area contributed by atoms with Gasteiger partial charge in [-0.1, -0.05) is 5.16 Å². The smallest absolute Gasteiger partial charge is 0.331 e. The zero-order chi connectivity index (χ0) is 9.52. The molecule has 6 nitrogen and oxygen atoms in total. The minimum Gasteiger partial charge on any atom is -0.466 e. The summed E-state index contributed by atoms with van der Waals surface area (Å²) >= 11 is 0. The van der Waals surface area contributed by atoms with E-state index in [0.717, 1.165) is 0 Å². The Hall–Kier alpha value is -1.85. The predicted octanol–water partition coefficient (Wildman–Crippen LogP) is -0.154. The Morgan fingerprint density at radius 1 is 1.85 bits per heavy atom. The van der Waals surface area contributed by atoms with Crippen LogP contribution in [0.5, 0.6) is 0 Å². The molecule has 0 radical (unpaired) electrons. The number of carbonyl (C=O) groups excluding carboxylic acids is 1. The Kier molecular flexibility index (Phi) is 3.49. The van der Waals surface area contributed by atoms with Gasteiger partial charge in [0, 0.05) is 12.3 Å². The zero-order valence-electron chi connectivity index (χ0n) is 7.06. The van der Waals surface area contributed by atoms with E-state index in [9.17, 15) is 4.79 Å². The summed E-state index contributed by atoms with van der Waals surface area (Å²) in [7, 11) is 1.31. The highest BCUT2D eigenvalue weighted by Crippen LogP contribution is 1.86. The monoisotopic (exact) mass is 183 g/mol. The Morgan fingerprint density at radius 3 is 3.31 bits per heavy atom. The molecule has 0 bridgehead atoms. The van der Waals surface area contributed by atoms with Gasteiger partial charge in [0.05, 0.1) is 13.7 Å². The van der Waals surface area contributed by atoms with Crippen LogP contribution >= 0.6 is 0 Å².